The first-order chi connectivity index (χ1) is 9.63. The van der Waals surface area contributed by atoms with Crippen molar-refractivity contribution in [3.8, 4) is 0 Å². The van der Waals surface area contributed by atoms with Crippen LogP contribution in [-0.2, 0) is 11.2 Å². The van der Waals surface area contributed by atoms with E-state index in [1.54, 1.807) is 0 Å². The van der Waals surface area contributed by atoms with Gasteiger partial charge in [-0.05, 0) is 31.2 Å². The average Bonchev–Trinajstić information content (AvgIpc) is 2.85. The fraction of sp³-hybridized carbons (Fsp3) is 0.588. The van der Waals surface area contributed by atoms with Crippen LogP contribution >= 0.6 is 0 Å². The third-order valence-corrected chi connectivity index (χ3v) is 4.61. The van der Waals surface area contributed by atoms with Gasteiger partial charge in [0.15, 0.2) is 0 Å². The summed E-state index contributed by atoms with van der Waals surface area (Å²) in [4.78, 5) is 14.5. The Balaban J connectivity index is 1.88. The molecule has 110 valence electrons. The zero-order valence-electron chi connectivity index (χ0n) is 12.8. The van der Waals surface area contributed by atoms with Gasteiger partial charge in [0.25, 0.3) is 0 Å². The average molecular weight is 274 g/mol. The molecular formula is C17H26N2O. The molecule has 1 amide bonds. The van der Waals surface area contributed by atoms with Crippen LogP contribution < -0.4 is 5.32 Å². The second-order valence-corrected chi connectivity index (χ2v) is 5.87. The molecule has 3 heteroatoms. The third kappa shape index (κ3) is 3.40. The van der Waals surface area contributed by atoms with Crippen molar-refractivity contribution in [3.63, 3.8) is 0 Å². The van der Waals surface area contributed by atoms with Crippen molar-refractivity contribution in [2.45, 2.75) is 52.1 Å². The molecule has 1 aliphatic heterocycles. The first-order valence-electron chi connectivity index (χ1n) is 7.71. The van der Waals surface area contributed by atoms with Gasteiger partial charge < -0.3 is 4.90 Å². The number of carbonyl (C=O) groups excluding carboxylic acids is 1. The Morgan fingerprint density at radius 2 is 2.00 bits per heavy atom. The summed E-state index contributed by atoms with van der Waals surface area (Å²) in [5.41, 5.74) is 1.30. The topological polar surface area (TPSA) is 32.3 Å². The van der Waals surface area contributed by atoms with Gasteiger partial charge in [0.05, 0.1) is 12.7 Å². The van der Waals surface area contributed by atoms with Crippen LogP contribution in [0, 0.1) is 5.92 Å². The lowest BCUT2D eigenvalue weighted by Crippen LogP contribution is -2.40. The predicted molar refractivity (Wildman–Crippen MR) is 82.3 cm³/mol. The van der Waals surface area contributed by atoms with Crippen LogP contribution in [0.2, 0.25) is 0 Å². The van der Waals surface area contributed by atoms with E-state index in [-0.39, 0.29) is 11.9 Å². The van der Waals surface area contributed by atoms with E-state index in [1.807, 2.05) is 11.0 Å². The Morgan fingerprint density at radius 3 is 2.65 bits per heavy atom. The molecular weight excluding hydrogens is 248 g/mol. The molecule has 0 bridgehead atoms. The summed E-state index contributed by atoms with van der Waals surface area (Å²) < 4.78 is 0. The number of nitrogens with one attached hydrogen (secondary N) is 1. The Hall–Kier alpha value is -1.35. The van der Waals surface area contributed by atoms with Crippen LogP contribution in [-0.4, -0.2) is 29.6 Å². The molecule has 1 aromatic rings. The van der Waals surface area contributed by atoms with Crippen molar-refractivity contribution in [1.29, 1.82) is 0 Å². The standard InChI is InChI=1S/C17H26N2O/c1-4-13(2)14(3)19-12-18-16(17(19)20)11-10-15-8-6-5-7-9-15/h5-9,13-14,16,18H,4,10-12H2,1-3H3. The van der Waals surface area contributed by atoms with Crippen molar-refractivity contribution >= 4 is 5.91 Å². The molecule has 0 aliphatic carbocycles. The minimum atomic E-state index is -0.0123. The predicted octanol–water partition coefficient (Wildman–Crippen LogP) is 2.81. The molecule has 2 rings (SSSR count). The maximum absolute atomic E-state index is 12.5. The molecule has 3 atom stereocenters. The highest BCUT2D eigenvalue weighted by Crippen LogP contribution is 2.19. The number of hydrogen-bond acceptors (Lipinski definition) is 2. The monoisotopic (exact) mass is 274 g/mol. The third-order valence-electron chi connectivity index (χ3n) is 4.61. The fourth-order valence-corrected chi connectivity index (χ4v) is 2.75. The Morgan fingerprint density at radius 1 is 1.30 bits per heavy atom. The molecule has 0 spiro atoms. The molecule has 0 radical (unpaired) electrons. The van der Waals surface area contributed by atoms with Crippen molar-refractivity contribution < 1.29 is 4.79 Å². The normalized spacial score (nSPS) is 22.1. The van der Waals surface area contributed by atoms with E-state index >= 15 is 0 Å². The number of aryl methyl sites for hydroxylation is 1. The van der Waals surface area contributed by atoms with Gasteiger partial charge in [-0.1, -0.05) is 50.6 Å². The maximum Gasteiger partial charge on any atom is 0.241 e. The van der Waals surface area contributed by atoms with Gasteiger partial charge in [0.1, 0.15) is 0 Å². The Labute approximate surface area is 122 Å². The highest BCUT2D eigenvalue weighted by atomic mass is 16.2. The summed E-state index contributed by atoms with van der Waals surface area (Å²) in [6, 6.07) is 10.7. The molecule has 3 unspecified atom stereocenters. The molecule has 20 heavy (non-hydrogen) atoms. The highest BCUT2D eigenvalue weighted by Gasteiger charge is 2.34. The van der Waals surface area contributed by atoms with Gasteiger partial charge in [-0.3, -0.25) is 10.1 Å². The number of hydrogen-bond donors (Lipinski definition) is 1. The van der Waals surface area contributed by atoms with Gasteiger partial charge in [-0.15, -0.1) is 0 Å². The van der Waals surface area contributed by atoms with Gasteiger partial charge >= 0.3 is 0 Å². The minimum Gasteiger partial charge on any atom is -0.326 e. The summed E-state index contributed by atoms with van der Waals surface area (Å²) in [5, 5.41) is 3.36. The van der Waals surface area contributed by atoms with E-state index in [0.717, 1.165) is 19.3 Å². The first kappa shape index (κ1) is 15.0. The second kappa shape index (κ2) is 6.89. The van der Waals surface area contributed by atoms with Crippen molar-refractivity contribution in [1.82, 2.24) is 10.2 Å². The van der Waals surface area contributed by atoms with Gasteiger partial charge in [0.2, 0.25) is 5.91 Å². The zero-order chi connectivity index (χ0) is 14.5. The van der Waals surface area contributed by atoms with E-state index in [1.165, 1.54) is 5.56 Å². The lowest BCUT2D eigenvalue weighted by Gasteiger charge is -2.28. The SMILES string of the molecule is CCC(C)C(C)N1CNC(CCc2ccccc2)C1=O. The Kier molecular flexibility index (Phi) is 5.18. The summed E-state index contributed by atoms with van der Waals surface area (Å²) in [6.45, 7) is 7.26. The molecule has 1 aromatic carbocycles. The largest absolute Gasteiger partial charge is 0.326 e. The van der Waals surface area contributed by atoms with E-state index in [2.05, 4.69) is 50.4 Å². The smallest absolute Gasteiger partial charge is 0.241 e. The van der Waals surface area contributed by atoms with Crippen LogP contribution in [0.15, 0.2) is 30.3 Å². The van der Waals surface area contributed by atoms with E-state index in [9.17, 15) is 4.79 Å². The molecule has 3 nitrogen and oxygen atoms in total. The van der Waals surface area contributed by atoms with Crippen molar-refractivity contribution in [3.05, 3.63) is 35.9 Å². The van der Waals surface area contributed by atoms with Crippen molar-refractivity contribution in [2.24, 2.45) is 5.92 Å². The van der Waals surface area contributed by atoms with E-state index < -0.39 is 0 Å². The van der Waals surface area contributed by atoms with Gasteiger partial charge in [-0.2, -0.15) is 0 Å². The molecule has 1 aliphatic rings. The lowest BCUT2D eigenvalue weighted by atomic mass is 9.99. The minimum absolute atomic E-state index is 0.0123. The number of amides is 1. The second-order valence-electron chi connectivity index (χ2n) is 5.87. The van der Waals surface area contributed by atoms with Crippen LogP contribution in [0.3, 0.4) is 0 Å². The Bertz CT molecular complexity index is 432. The highest BCUT2D eigenvalue weighted by molar-refractivity contribution is 5.84. The number of benzene rings is 1. The fourth-order valence-electron chi connectivity index (χ4n) is 2.75. The zero-order valence-corrected chi connectivity index (χ0v) is 12.8. The van der Waals surface area contributed by atoms with Crippen LogP contribution in [0.4, 0.5) is 0 Å². The summed E-state index contributed by atoms with van der Waals surface area (Å²) in [6.07, 6.45) is 2.95. The number of rotatable bonds is 6. The van der Waals surface area contributed by atoms with E-state index in [0.29, 0.717) is 18.6 Å². The number of nitrogens with zero attached hydrogens (tertiary/aromatic N) is 1. The number of carbonyl (C=O) groups is 1. The molecule has 1 heterocycles. The van der Waals surface area contributed by atoms with Gasteiger partial charge in [0, 0.05) is 6.04 Å². The van der Waals surface area contributed by atoms with Crippen molar-refractivity contribution in [2.75, 3.05) is 6.67 Å². The quantitative estimate of drug-likeness (QED) is 0.865. The molecule has 1 saturated heterocycles. The summed E-state index contributed by atoms with van der Waals surface area (Å²) in [5.74, 6) is 0.822. The van der Waals surface area contributed by atoms with Crippen LogP contribution in [0.1, 0.15) is 39.2 Å². The maximum atomic E-state index is 12.5. The molecule has 1 N–H and O–H groups in total. The molecule has 0 aromatic heterocycles. The van der Waals surface area contributed by atoms with E-state index in [4.69, 9.17) is 0 Å². The molecule has 1 fully saturated rings. The van der Waals surface area contributed by atoms with Crippen LogP contribution in [0.5, 0.6) is 0 Å². The summed E-state index contributed by atoms with van der Waals surface area (Å²) >= 11 is 0. The lowest BCUT2D eigenvalue weighted by molar-refractivity contribution is -0.131. The summed E-state index contributed by atoms with van der Waals surface area (Å²) in [7, 11) is 0. The van der Waals surface area contributed by atoms with Crippen LogP contribution in [0.25, 0.3) is 0 Å². The molecule has 0 saturated carbocycles. The van der Waals surface area contributed by atoms with Gasteiger partial charge in [-0.25, -0.2) is 0 Å². The first-order valence-corrected chi connectivity index (χ1v) is 7.71.